The lowest BCUT2D eigenvalue weighted by molar-refractivity contribution is 0.239. The van der Waals surface area contributed by atoms with Crippen LogP contribution < -0.4 is 16.0 Å². The third-order valence-electron chi connectivity index (χ3n) is 3.59. The van der Waals surface area contributed by atoms with E-state index in [1.54, 1.807) is 18.0 Å². The van der Waals surface area contributed by atoms with E-state index in [1.165, 1.54) is 19.3 Å². The molecular formula is C14H20BrN3O. The van der Waals surface area contributed by atoms with E-state index in [0.29, 0.717) is 11.7 Å². The molecule has 0 aliphatic heterocycles. The minimum Gasteiger partial charge on any atom is -0.397 e. The summed E-state index contributed by atoms with van der Waals surface area (Å²) < 4.78 is 0.912. The maximum Gasteiger partial charge on any atom is 0.321 e. The normalized spacial score (nSPS) is 16.1. The topological polar surface area (TPSA) is 58.4 Å². The Balaban J connectivity index is 2.01. The van der Waals surface area contributed by atoms with Crippen LogP contribution in [0.3, 0.4) is 0 Å². The summed E-state index contributed by atoms with van der Waals surface area (Å²) in [6.45, 7) is 0. The van der Waals surface area contributed by atoms with Crippen molar-refractivity contribution in [3.8, 4) is 0 Å². The van der Waals surface area contributed by atoms with Crippen molar-refractivity contribution in [1.82, 2.24) is 5.32 Å². The molecule has 104 valence electrons. The first-order valence-corrected chi connectivity index (χ1v) is 7.46. The molecule has 1 aromatic rings. The molecule has 1 aromatic carbocycles. The van der Waals surface area contributed by atoms with Gasteiger partial charge < -0.3 is 11.1 Å². The van der Waals surface area contributed by atoms with E-state index in [9.17, 15) is 4.79 Å². The molecule has 2 rings (SSSR count). The van der Waals surface area contributed by atoms with Crippen molar-refractivity contribution in [2.45, 2.75) is 38.1 Å². The fourth-order valence-corrected chi connectivity index (χ4v) is 2.84. The number of nitrogens with zero attached hydrogens (tertiary/aromatic N) is 1. The molecule has 1 fully saturated rings. The Morgan fingerprint density at radius 3 is 2.68 bits per heavy atom. The Morgan fingerprint density at radius 1 is 1.37 bits per heavy atom. The van der Waals surface area contributed by atoms with Crippen LogP contribution in [0.25, 0.3) is 0 Å². The highest BCUT2D eigenvalue weighted by Crippen LogP contribution is 2.26. The Kier molecular flexibility index (Phi) is 4.69. The first kappa shape index (κ1) is 14.2. The molecule has 0 aromatic heterocycles. The second-order valence-corrected chi connectivity index (χ2v) is 5.96. The summed E-state index contributed by atoms with van der Waals surface area (Å²) in [5, 5.41) is 3.08. The second-order valence-electron chi connectivity index (χ2n) is 5.05. The number of hydrogen-bond acceptors (Lipinski definition) is 2. The molecule has 0 spiro atoms. The molecule has 0 unspecified atom stereocenters. The van der Waals surface area contributed by atoms with Crippen molar-refractivity contribution in [2.75, 3.05) is 17.7 Å². The van der Waals surface area contributed by atoms with Crippen LogP contribution in [-0.2, 0) is 0 Å². The van der Waals surface area contributed by atoms with Crippen LogP contribution in [0.1, 0.15) is 32.1 Å². The van der Waals surface area contributed by atoms with Crippen molar-refractivity contribution in [1.29, 1.82) is 0 Å². The largest absolute Gasteiger partial charge is 0.397 e. The van der Waals surface area contributed by atoms with Gasteiger partial charge in [0, 0.05) is 17.6 Å². The number of nitrogens with one attached hydrogen (secondary N) is 1. The maximum absolute atomic E-state index is 12.2. The zero-order chi connectivity index (χ0) is 13.8. The number of halogens is 1. The fraction of sp³-hybridized carbons (Fsp3) is 0.500. The molecule has 0 bridgehead atoms. The number of anilines is 2. The molecule has 5 heteroatoms. The van der Waals surface area contributed by atoms with Crippen LogP contribution in [0.2, 0.25) is 0 Å². The van der Waals surface area contributed by atoms with E-state index in [1.807, 2.05) is 12.1 Å². The van der Waals surface area contributed by atoms with Gasteiger partial charge >= 0.3 is 6.03 Å². The van der Waals surface area contributed by atoms with E-state index in [2.05, 4.69) is 21.2 Å². The molecule has 19 heavy (non-hydrogen) atoms. The summed E-state index contributed by atoms with van der Waals surface area (Å²) in [5.74, 6) is 0. The summed E-state index contributed by atoms with van der Waals surface area (Å²) in [7, 11) is 1.75. The van der Waals surface area contributed by atoms with Gasteiger partial charge in [0.25, 0.3) is 0 Å². The van der Waals surface area contributed by atoms with Gasteiger partial charge in [-0.1, -0.05) is 35.2 Å². The van der Waals surface area contributed by atoms with Crippen molar-refractivity contribution in [3.63, 3.8) is 0 Å². The smallest absolute Gasteiger partial charge is 0.321 e. The Morgan fingerprint density at radius 2 is 2.05 bits per heavy atom. The Hall–Kier alpha value is -1.23. The van der Waals surface area contributed by atoms with Gasteiger partial charge in [0.2, 0.25) is 0 Å². The number of hydrogen-bond donors (Lipinski definition) is 2. The molecule has 0 heterocycles. The van der Waals surface area contributed by atoms with Crippen molar-refractivity contribution >= 4 is 33.3 Å². The average molecular weight is 326 g/mol. The molecule has 1 aliphatic rings. The van der Waals surface area contributed by atoms with Crippen molar-refractivity contribution < 1.29 is 4.79 Å². The molecule has 2 amide bonds. The third kappa shape index (κ3) is 3.62. The molecule has 0 saturated heterocycles. The maximum atomic E-state index is 12.2. The SMILES string of the molecule is CN(C(=O)NC1CCCCC1)c1ccc(Br)cc1N. The highest BCUT2D eigenvalue weighted by molar-refractivity contribution is 9.10. The van der Waals surface area contributed by atoms with Gasteiger partial charge in [0.1, 0.15) is 0 Å². The predicted molar refractivity (Wildman–Crippen MR) is 82.4 cm³/mol. The molecule has 4 nitrogen and oxygen atoms in total. The van der Waals surface area contributed by atoms with Gasteiger partial charge in [0.15, 0.2) is 0 Å². The Bertz CT molecular complexity index is 458. The summed E-state index contributed by atoms with van der Waals surface area (Å²) >= 11 is 3.36. The number of urea groups is 1. The third-order valence-corrected chi connectivity index (χ3v) is 4.08. The summed E-state index contributed by atoms with van der Waals surface area (Å²) in [6, 6.07) is 5.76. The zero-order valence-corrected chi connectivity index (χ0v) is 12.7. The first-order chi connectivity index (χ1) is 9.08. The van der Waals surface area contributed by atoms with Crippen LogP contribution in [0.15, 0.2) is 22.7 Å². The number of benzene rings is 1. The molecule has 0 atom stereocenters. The van der Waals surface area contributed by atoms with Gasteiger partial charge in [-0.3, -0.25) is 4.90 Å². The van der Waals surface area contributed by atoms with E-state index in [4.69, 9.17) is 5.73 Å². The van der Waals surface area contributed by atoms with Gasteiger partial charge in [-0.05, 0) is 31.0 Å². The van der Waals surface area contributed by atoms with E-state index in [0.717, 1.165) is 23.0 Å². The van der Waals surface area contributed by atoms with E-state index >= 15 is 0 Å². The lowest BCUT2D eigenvalue weighted by atomic mass is 9.96. The summed E-state index contributed by atoms with van der Waals surface area (Å²) in [6.07, 6.45) is 5.84. The molecule has 1 aliphatic carbocycles. The molecule has 3 N–H and O–H groups in total. The summed E-state index contributed by atoms with van der Waals surface area (Å²) in [4.78, 5) is 13.8. The van der Waals surface area contributed by atoms with Gasteiger partial charge in [0.05, 0.1) is 11.4 Å². The highest BCUT2D eigenvalue weighted by atomic mass is 79.9. The number of carbonyl (C=O) groups is 1. The Labute approximate surface area is 122 Å². The number of nitrogen functional groups attached to an aromatic ring is 1. The second kappa shape index (κ2) is 6.28. The average Bonchev–Trinajstić information content (AvgIpc) is 2.39. The number of rotatable bonds is 2. The minimum absolute atomic E-state index is 0.0825. The van der Waals surface area contributed by atoms with Crippen LogP contribution in [-0.4, -0.2) is 19.1 Å². The van der Waals surface area contributed by atoms with Gasteiger partial charge in [-0.15, -0.1) is 0 Å². The predicted octanol–water partition coefficient (Wildman–Crippen LogP) is 3.51. The van der Waals surface area contributed by atoms with Gasteiger partial charge in [-0.25, -0.2) is 4.79 Å². The monoisotopic (exact) mass is 325 g/mol. The molecule has 1 saturated carbocycles. The van der Waals surface area contributed by atoms with Crippen LogP contribution >= 0.6 is 15.9 Å². The summed E-state index contributed by atoms with van der Waals surface area (Å²) in [5.41, 5.74) is 7.27. The quantitative estimate of drug-likeness (QED) is 0.817. The zero-order valence-electron chi connectivity index (χ0n) is 11.2. The molecular weight excluding hydrogens is 306 g/mol. The minimum atomic E-state index is -0.0825. The fourth-order valence-electron chi connectivity index (χ4n) is 2.46. The number of carbonyl (C=O) groups excluding carboxylic acids is 1. The van der Waals surface area contributed by atoms with Gasteiger partial charge in [-0.2, -0.15) is 0 Å². The standard InChI is InChI=1S/C14H20BrN3O/c1-18(13-8-7-10(15)9-12(13)16)14(19)17-11-5-3-2-4-6-11/h7-9,11H,2-6,16H2,1H3,(H,17,19). The lowest BCUT2D eigenvalue weighted by Crippen LogP contribution is -2.44. The molecule has 0 radical (unpaired) electrons. The highest BCUT2D eigenvalue weighted by Gasteiger charge is 2.19. The van der Waals surface area contributed by atoms with Crippen LogP contribution in [0.5, 0.6) is 0 Å². The van der Waals surface area contributed by atoms with E-state index in [-0.39, 0.29) is 6.03 Å². The van der Waals surface area contributed by atoms with Crippen LogP contribution in [0, 0.1) is 0 Å². The van der Waals surface area contributed by atoms with Crippen molar-refractivity contribution in [2.24, 2.45) is 0 Å². The number of nitrogens with two attached hydrogens (primary N) is 1. The van der Waals surface area contributed by atoms with Crippen molar-refractivity contribution in [3.05, 3.63) is 22.7 Å². The van der Waals surface area contributed by atoms with Crippen LogP contribution in [0.4, 0.5) is 16.2 Å². The number of amides is 2. The van der Waals surface area contributed by atoms with E-state index < -0.39 is 0 Å². The first-order valence-electron chi connectivity index (χ1n) is 6.67. The lowest BCUT2D eigenvalue weighted by Gasteiger charge is -2.26.